The number of hydrogen-bond donors (Lipinski definition) is 0. The van der Waals surface area contributed by atoms with Crippen molar-refractivity contribution in [1.29, 1.82) is 0 Å². The van der Waals surface area contributed by atoms with Crippen LogP contribution in [0.1, 0.15) is 42.5 Å². The third kappa shape index (κ3) is 9.88. The number of Topliss-reactive ketones (excluding diaryl/α,β-unsaturated/α-hetero) is 1. The van der Waals surface area contributed by atoms with Crippen LogP contribution in [0, 0.1) is 5.92 Å². The van der Waals surface area contributed by atoms with Gasteiger partial charge in [0.15, 0.2) is 17.5 Å². The molecular formula is C59H47N5O. The van der Waals surface area contributed by atoms with E-state index in [-0.39, 0.29) is 17.5 Å². The van der Waals surface area contributed by atoms with E-state index in [1.54, 1.807) is 0 Å². The van der Waals surface area contributed by atoms with E-state index >= 15 is 4.79 Å². The summed E-state index contributed by atoms with van der Waals surface area (Å²) < 4.78 is 0. The van der Waals surface area contributed by atoms with Crippen LogP contribution in [0.3, 0.4) is 0 Å². The summed E-state index contributed by atoms with van der Waals surface area (Å²) in [5, 5.41) is 0. The Morgan fingerprint density at radius 3 is 1.18 bits per heavy atom. The zero-order valence-corrected chi connectivity index (χ0v) is 36.6. The Morgan fingerprint density at radius 1 is 0.400 bits per heavy atom. The van der Waals surface area contributed by atoms with Gasteiger partial charge in [-0.15, -0.1) is 0 Å². The number of carbonyl (C=O) groups excluding carboxylic acids is 1. The second kappa shape index (κ2) is 19.4. The van der Waals surface area contributed by atoms with Gasteiger partial charge >= 0.3 is 0 Å². The highest BCUT2D eigenvalue weighted by atomic mass is 16.1. The lowest BCUT2D eigenvalue weighted by Gasteiger charge is -2.18. The summed E-state index contributed by atoms with van der Waals surface area (Å²) >= 11 is 0. The normalized spacial score (nSPS) is 12.2. The lowest BCUT2D eigenvalue weighted by molar-refractivity contribution is 0.0931. The lowest BCUT2D eigenvalue weighted by atomic mass is 9.98. The quantitative estimate of drug-likeness (QED) is 0.0697. The fourth-order valence-electron chi connectivity index (χ4n) is 7.87. The first-order chi connectivity index (χ1) is 31.9. The molecule has 0 radical (unpaired) electrons. The summed E-state index contributed by atoms with van der Waals surface area (Å²) in [5.41, 5.74) is 12.5. The van der Waals surface area contributed by atoms with Gasteiger partial charge in [-0.25, -0.2) is 19.9 Å². The molecule has 0 saturated carbocycles. The minimum Gasteiger partial charge on any atom is -0.288 e. The first kappa shape index (κ1) is 42.1. The van der Waals surface area contributed by atoms with Crippen molar-refractivity contribution in [3.05, 3.63) is 235 Å². The van der Waals surface area contributed by atoms with Gasteiger partial charge < -0.3 is 0 Å². The van der Waals surface area contributed by atoms with Gasteiger partial charge in [0.05, 0.1) is 0 Å². The van der Waals surface area contributed by atoms with E-state index < -0.39 is 6.04 Å². The predicted octanol–water partition coefficient (Wildman–Crippen LogP) is 14.0. The molecule has 0 amide bonds. The van der Waals surface area contributed by atoms with Gasteiger partial charge in [-0.05, 0) is 87.2 Å². The maximum absolute atomic E-state index is 15.2. The van der Waals surface area contributed by atoms with E-state index in [1.165, 1.54) is 0 Å². The first-order valence-electron chi connectivity index (χ1n) is 21.9. The molecule has 9 aromatic rings. The second-order valence-electron chi connectivity index (χ2n) is 16.3. The Labute approximate surface area is 380 Å². The van der Waals surface area contributed by atoms with Gasteiger partial charge in [-0.3, -0.25) is 9.79 Å². The van der Waals surface area contributed by atoms with Gasteiger partial charge in [-0.2, -0.15) is 0 Å². The van der Waals surface area contributed by atoms with Crippen molar-refractivity contribution in [2.75, 3.05) is 0 Å². The molecule has 8 aromatic carbocycles. The molecule has 9 rings (SSSR count). The topological polar surface area (TPSA) is 80.5 Å². The van der Waals surface area contributed by atoms with E-state index in [0.717, 1.165) is 72.5 Å². The predicted molar refractivity (Wildman–Crippen MR) is 267 cm³/mol. The standard InChI is InChI=1S/C59H47N5O/c1-40(2)54(61-56(51-33-17-30-48(37-51)43-22-10-5-11-23-43)60-41(3)46-28-16-29-47(36-46)42-20-8-4-9-21-42)55(65)59-63-57(52-34-18-31-49(38-52)44-24-12-6-13-25-44)62-58(64-59)53-35-19-32-50(39-53)45-26-14-7-15-27-45/h4-40,54H,1-3H3. The van der Waals surface area contributed by atoms with Crippen LogP contribution in [0.4, 0.5) is 0 Å². The lowest BCUT2D eigenvalue weighted by Crippen LogP contribution is -2.28. The van der Waals surface area contributed by atoms with Crippen LogP contribution in [0.25, 0.3) is 67.3 Å². The molecule has 0 saturated heterocycles. The molecule has 1 atom stereocenters. The van der Waals surface area contributed by atoms with Crippen molar-refractivity contribution in [2.45, 2.75) is 26.8 Å². The summed E-state index contributed by atoms with van der Waals surface area (Å²) in [5.74, 6) is 0.720. The highest BCUT2D eigenvalue weighted by molar-refractivity contribution is 6.13. The van der Waals surface area contributed by atoms with E-state index in [4.69, 9.17) is 24.9 Å². The van der Waals surface area contributed by atoms with Crippen LogP contribution >= 0.6 is 0 Å². The Kier molecular flexibility index (Phi) is 12.6. The fraction of sp³-hybridized carbons (Fsp3) is 0.0847. The van der Waals surface area contributed by atoms with Crippen molar-refractivity contribution in [3.63, 3.8) is 0 Å². The summed E-state index contributed by atoms with van der Waals surface area (Å²) in [6, 6.07) is 72.7. The van der Waals surface area contributed by atoms with Gasteiger partial charge in [0.2, 0.25) is 11.6 Å². The van der Waals surface area contributed by atoms with E-state index in [0.29, 0.717) is 17.5 Å². The molecule has 0 aliphatic heterocycles. The summed E-state index contributed by atoms with van der Waals surface area (Å²) in [6.45, 7) is 5.99. The summed E-state index contributed by atoms with van der Waals surface area (Å²) in [7, 11) is 0. The third-order valence-electron chi connectivity index (χ3n) is 11.4. The first-order valence-corrected chi connectivity index (χ1v) is 21.9. The van der Waals surface area contributed by atoms with Crippen LogP contribution in [-0.4, -0.2) is 38.3 Å². The molecule has 0 aliphatic rings. The average Bonchev–Trinajstić information content (AvgIpc) is 3.38. The van der Waals surface area contributed by atoms with Crippen LogP contribution in [-0.2, 0) is 0 Å². The highest BCUT2D eigenvalue weighted by Gasteiger charge is 2.28. The Hall–Kier alpha value is -8.22. The Morgan fingerprint density at radius 2 is 0.754 bits per heavy atom. The molecule has 0 N–H and O–H groups in total. The molecule has 65 heavy (non-hydrogen) atoms. The van der Waals surface area contributed by atoms with E-state index in [1.807, 2.05) is 136 Å². The Balaban J connectivity index is 1.18. The SMILES string of the molecule is CC(=NC(=NC(C(=O)c1nc(-c2cccc(-c3ccccc3)c2)nc(-c2cccc(-c3ccccc3)c2)n1)C(C)C)c1cccc(-c2ccccc2)c1)c1cccc(-c2ccccc2)c1. The second-order valence-corrected chi connectivity index (χ2v) is 16.3. The molecule has 0 aliphatic carbocycles. The van der Waals surface area contributed by atoms with Gasteiger partial charge in [0.25, 0.3) is 0 Å². The molecule has 0 spiro atoms. The number of aliphatic imine (C=N–C) groups is 2. The molecule has 1 heterocycles. The zero-order valence-electron chi connectivity index (χ0n) is 36.6. The van der Waals surface area contributed by atoms with Crippen LogP contribution in [0.15, 0.2) is 228 Å². The maximum Gasteiger partial charge on any atom is 0.224 e. The van der Waals surface area contributed by atoms with E-state index in [9.17, 15) is 0 Å². The van der Waals surface area contributed by atoms with Gasteiger partial charge in [0, 0.05) is 22.4 Å². The number of rotatable bonds is 12. The highest BCUT2D eigenvalue weighted by Crippen LogP contribution is 2.30. The molecule has 0 bridgehead atoms. The number of benzene rings is 8. The van der Waals surface area contributed by atoms with Crippen molar-refractivity contribution >= 4 is 17.3 Å². The minimum atomic E-state index is -0.882. The Bertz CT molecular complexity index is 3040. The van der Waals surface area contributed by atoms with Crippen molar-refractivity contribution in [3.8, 4) is 67.3 Å². The smallest absolute Gasteiger partial charge is 0.224 e. The van der Waals surface area contributed by atoms with Gasteiger partial charge in [-0.1, -0.05) is 208 Å². The molecule has 314 valence electrons. The zero-order chi connectivity index (χ0) is 44.5. The molecule has 6 heteroatoms. The van der Waals surface area contributed by atoms with Crippen LogP contribution < -0.4 is 0 Å². The number of carbonyl (C=O) groups is 1. The fourth-order valence-corrected chi connectivity index (χ4v) is 7.87. The van der Waals surface area contributed by atoms with Crippen LogP contribution in [0.2, 0.25) is 0 Å². The molecule has 1 aromatic heterocycles. The molecule has 1 unspecified atom stereocenters. The maximum atomic E-state index is 15.2. The van der Waals surface area contributed by atoms with E-state index in [2.05, 4.69) is 103 Å². The molecule has 6 nitrogen and oxygen atoms in total. The minimum absolute atomic E-state index is 0.0383. The molecular weight excluding hydrogens is 795 g/mol. The van der Waals surface area contributed by atoms with Crippen LogP contribution in [0.5, 0.6) is 0 Å². The summed E-state index contributed by atoms with van der Waals surface area (Å²) in [6.07, 6.45) is 0. The number of aromatic nitrogens is 3. The van der Waals surface area contributed by atoms with Crippen molar-refractivity contribution in [1.82, 2.24) is 15.0 Å². The number of ketones is 1. The number of nitrogens with zero attached hydrogens (tertiary/aromatic N) is 5. The number of amidine groups is 1. The number of hydrogen-bond acceptors (Lipinski definition) is 5. The van der Waals surface area contributed by atoms with Crippen molar-refractivity contribution in [2.24, 2.45) is 15.9 Å². The summed E-state index contributed by atoms with van der Waals surface area (Å²) in [4.78, 5) is 40.7. The monoisotopic (exact) mass is 841 g/mol. The third-order valence-corrected chi connectivity index (χ3v) is 11.4. The average molecular weight is 842 g/mol. The van der Waals surface area contributed by atoms with Gasteiger partial charge in [0.1, 0.15) is 6.04 Å². The molecule has 0 fully saturated rings. The van der Waals surface area contributed by atoms with Crippen molar-refractivity contribution < 1.29 is 4.79 Å². The largest absolute Gasteiger partial charge is 0.288 e.